The number of carbonyl (C=O) groups excluding carboxylic acids is 2. The third-order valence-electron chi connectivity index (χ3n) is 7.34. The molecule has 2 N–H and O–H groups in total. The average molecular weight is 511 g/mol. The van der Waals surface area contributed by atoms with Crippen LogP contribution in [0.1, 0.15) is 52.7 Å². The molecule has 2 amide bonds. The van der Waals surface area contributed by atoms with Gasteiger partial charge in [-0.05, 0) is 74.1 Å². The van der Waals surface area contributed by atoms with E-state index >= 15 is 0 Å². The molecule has 3 aromatic carbocycles. The highest BCUT2D eigenvalue weighted by molar-refractivity contribution is 6.09. The molecule has 0 spiro atoms. The van der Waals surface area contributed by atoms with Crippen molar-refractivity contribution in [3.63, 3.8) is 0 Å². The first-order chi connectivity index (χ1) is 18.6. The van der Waals surface area contributed by atoms with Crippen molar-refractivity contribution in [3.05, 3.63) is 101 Å². The summed E-state index contributed by atoms with van der Waals surface area (Å²) in [4.78, 5) is 29.5. The number of aryl methyl sites for hydroxylation is 1. The van der Waals surface area contributed by atoms with Gasteiger partial charge in [-0.1, -0.05) is 54.1 Å². The molecule has 0 unspecified atom stereocenters. The van der Waals surface area contributed by atoms with Gasteiger partial charge >= 0.3 is 0 Å². The van der Waals surface area contributed by atoms with Crippen molar-refractivity contribution in [1.29, 1.82) is 0 Å². The molecule has 6 nitrogen and oxygen atoms in total. The lowest BCUT2D eigenvalue weighted by atomic mass is 10.1. The summed E-state index contributed by atoms with van der Waals surface area (Å²) >= 11 is 0. The van der Waals surface area contributed by atoms with Crippen LogP contribution in [-0.4, -0.2) is 38.0 Å². The van der Waals surface area contributed by atoms with Crippen LogP contribution in [0.25, 0.3) is 6.08 Å². The fraction of sp³-hybridized carbons (Fsp3) is 0.312. The Morgan fingerprint density at radius 2 is 1.66 bits per heavy atom. The van der Waals surface area contributed by atoms with Crippen molar-refractivity contribution in [2.75, 3.05) is 31.1 Å². The summed E-state index contributed by atoms with van der Waals surface area (Å²) in [7, 11) is 0. The minimum absolute atomic E-state index is 0.0679. The molecule has 2 heterocycles. The topological polar surface area (TPSA) is 63.1 Å². The Kier molecular flexibility index (Phi) is 8.19. The number of benzene rings is 3. The molecule has 2 aliphatic rings. The van der Waals surface area contributed by atoms with Crippen molar-refractivity contribution < 1.29 is 19.2 Å². The van der Waals surface area contributed by atoms with E-state index in [1.54, 1.807) is 28.0 Å². The lowest BCUT2D eigenvalue weighted by Gasteiger charge is -2.30. The zero-order chi connectivity index (χ0) is 26.3. The molecule has 6 heteroatoms. The highest BCUT2D eigenvalue weighted by Crippen LogP contribution is 2.36. The van der Waals surface area contributed by atoms with Crippen LogP contribution in [0, 0.1) is 6.92 Å². The van der Waals surface area contributed by atoms with Gasteiger partial charge in [-0.2, -0.15) is 0 Å². The number of nitrogens with zero attached hydrogens (tertiary/aromatic N) is 1. The normalized spacial score (nSPS) is 17.0. The standard InChI is InChI=1S/C32H35N3O3/c1-24-10-12-26(13-11-24)23-35-28-8-4-5-9-29(28)38-30(32(35)37)22-25-14-16-27(17-15-25)31(36)33-18-21-34-19-6-2-3-7-20-34/h4-5,8-17,22H,2-3,6-7,18-21,23H2,1H3,(H,33,36)/p+1. The first kappa shape index (κ1) is 25.7. The number of amides is 2. The van der Waals surface area contributed by atoms with E-state index in [1.165, 1.54) is 44.3 Å². The van der Waals surface area contributed by atoms with Gasteiger partial charge in [0.05, 0.1) is 38.4 Å². The van der Waals surface area contributed by atoms with Crippen LogP contribution in [0.3, 0.4) is 0 Å². The van der Waals surface area contributed by atoms with Gasteiger partial charge < -0.3 is 15.0 Å². The predicted molar refractivity (Wildman–Crippen MR) is 150 cm³/mol. The fourth-order valence-corrected chi connectivity index (χ4v) is 5.11. The third kappa shape index (κ3) is 6.32. The predicted octanol–water partition coefficient (Wildman–Crippen LogP) is 4.15. The Hall–Kier alpha value is -3.90. The summed E-state index contributed by atoms with van der Waals surface area (Å²) in [6, 6.07) is 23.1. The molecule has 1 fully saturated rings. The molecule has 196 valence electrons. The molecular formula is C32H36N3O3+. The highest BCUT2D eigenvalue weighted by Gasteiger charge is 2.30. The van der Waals surface area contributed by atoms with E-state index in [9.17, 15) is 9.59 Å². The number of hydrogen-bond donors (Lipinski definition) is 2. The van der Waals surface area contributed by atoms with Crippen LogP contribution in [0.5, 0.6) is 5.75 Å². The van der Waals surface area contributed by atoms with E-state index in [0.29, 0.717) is 24.4 Å². The first-order valence-corrected chi connectivity index (χ1v) is 13.6. The molecule has 3 aromatic rings. The molecule has 5 rings (SSSR count). The second-order valence-electron chi connectivity index (χ2n) is 10.2. The molecule has 0 aromatic heterocycles. The number of anilines is 1. The number of rotatable bonds is 7. The van der Waals surface area contributed by atoms with Gasteiger partial charge in [0, 0.05) is 5.56 Å². The molecule has 0 saturated carbocycles. The zero-order valence-electron chi connectivity index (χ0n) is 22.0. The number of carbonyl (C=O) groups is 2. The second kappa shape index (κ2) is 12.1. The third-order valence-corrected chi connectivity index (χ3v) is 7.34. The van der Waals surface area contributed by atoms with Crippen molar-refractivity contribution in [2.24, 2.45) is 0 Å². The zero-order valence-corrected chi connectivity index (χ0v) is 22.0. The van der Waals surface area contributed by atoms with Crippen LogP contribution in [0.4, 0.5) is 5.69 Å². The van der Waals surface area contributed by atoms with Gasteiger partial charge in [-0.15, -0.1) is 0 Å². The minimum Gasteiger partial charge on any atom is -0.449 e. The highest BCUT2D eigenvalue weighted by atomic mass is 16.5. The number of hydrogen-bond acceptors (Lipinski definition) is 3. The molecule has 0 atom stereocenters. The van der Waals surface area contributed by atoms with E-state index < -0.39 is 0 Å². The van der Waals surface area contributed by atoms with Crippen molar-refractivity contribution in [2.45, 2.75) is 39.2 Å². The lowest BCUT2D eigenvalue weighted by Crippen LogP contribution is -3.12. The number of likely N-dealkylation sites (tertiary alicyclic amines) is 1. The van der Waals surface area contributed by atoms with Gasteiger partial charge in [0.2, 0.25) is 0 Å². The quantitative estimate of drug-likeness (QED) is 0.470. The van der Waals surface area contributed by atoms with Gasteiger partial charge in [0.25, 0.3) is 11.8 Å². The number of nitrogens with one attached hydrogen (secondary N) is 2. The fourth-order valence-electron chi connectivity index (χ4n) is 5.11. The van der Waals surface area contributed by atoms with E-state index in [-0.39, 0.29) is 17.6 Å². The van der Waals surface area contributed by atoms with Gasteiger partial charge in [-0.25, -0.2) is 0 Å². The number of fused-ring (bicyclic) bond motifs is 1. The molecule has 38 heavy (non-hydrogen) atoms. The summed E-state index contributed by atoms with van der Waals surface area (Å²) in [6.07, 6.45) is 6.95. The van der Waals surface area contributed by atoms with Crippen molar-refractivity contribution in [3.8, 4) is 5.75 Å². The van der Waals surface area contributed by atoms with Crippen LogP contribution in [0.15, 0.2) is 78.6 Å². The van der Waals surface area contributed by atoms with Crippen LogP contribution in [-0.2, 0) is 11.3 Å². The van der Waals surface area contributed by atoms with E-state index in [2.05, 4.69) is 17.4 Å². The summed E-state index contributed by atoms with van der Waals surface area (Å²) in [5, 5.41) is 3.06. The molecule has 2 aliphatic heterocycles. The minimum atomic E-state index is -0.192. The molecule has 0 bridgehead atoms. The van der Waals surface area contributed by atoms with Crippen LogP contribution < -0.4 is 19.9 Å². The maximum absolute atomic E-state index is 13.5. The van der Waals surface area contributed by atoms with E-state index in [0.717, 1.165) is 23.4 Å². The monoisotopic (exact) mass is 510 g/mol. The largest absolute Gasteiger partial charge is 0.449 e. The second-order valence-corrected chi connectivity index (χ2v) is 10.2. The lowest BCUT2D eigenvalue weighted by molar-refractivity contribution is -0.898. The maximum Gasteiger partial charge on any atom is 0.294 e. The summed E-state index contributed by atoms with van der Waals surface area (Å²) in [5.41, 5.74) is 4.39. The maximum atomic E-state index is 13.5. The van der Waals surface area contributed by atoms with Crippen LogP contribution in [0.2, 0.25) is 0 Å². The smallest absolute Gasteiger partial charge is 0.294 e. The number of quaternary nitrogens is 1. The first-order valence-electron chi connectivity index (χ1n) is 13.6. The molecule has 0 aliphatic carbocycles. The Morgan fingerprint density at radius 1 is 0.947 bits per heavy atom. The average Bonchev–Trinajstić information content (AvgIpc) is 3.21. The SMILES string of the molecule is Cc1ccc(CN2C(=O)C(=Cc3ccc(C(=O)NCC[NH+]4CCCCCC4)cc3)Oc3ccccc32)cc1. The van der Waals surface area contributed by atoms with E-state index in [4.69, 9.17) is 4.74 Å². The Morgan fingerprint density at radius 3 is 2.39 bits per heavy atom. The summed E-state index contributed by atoms with van der Waals surface area (Å²) < 4.78 is 6.02. The van der Waals surface area contributed by atoms with Crippen molar-refractivity contribution in [1.82, 2.24) is 5.32 Å². The van der Waals surface area contributed by atoms with Gasteiger partial charge in [0.1, 0.15) is 0 Å². The molecular weight excluding hydrogens is 474 g/mol. The van der Waals surface area contributed by atoms with Crippen LogP contribution >= 0.6 is 0 Å². The number of para-hydroxylation sites is 2. The Labute approximate surface area is 224 Å². The summed E-state index contributed by atoms with van der Waals surface area (Å²) in [6.45, 7) is 6.55. The van der Waals surface area contributed by atoms with Crippen molar-refractivity contribution >= 4 is 23.6 Å². The molecule has 0 radical (unpaired) electrons. The van der Waals surface area contributed by atoms with Gasteiger partial charge in [0.15, 0.2) is 11.5 Å². The van der Waals surface area contributed by atoms with E-state index in [1.807, 2.05) is 55.5 Å². The Bertz CT molecular complexity index is 1290. The Balaban J connectivity index is 1.26. The number of ether oxygens (including phenoxy) is 1. The summed E-state index contributed by atoms with van der Waals surface area (Å²) in [5.74, 6) is 0.644. The van der Waals surface area contributed by atoms with Gasteiger partial charge in [-0.3, -0.25) is 14.5 Å². The molecule has 1 saturated heterocycles.